The predicted octanol–water partition coefficient (Wildman–Crippen LogP) is 3.16. The van der Waals surface area contributed by atoms with Gasteiger partial charge < -0.3 is 20.7 Å². The number of nitrogens with two attached hydrogens (primary N) is 1. The maximum Gasteiger partial charge on any atom is 0.412 e. The van der Waals surface area contributed by atoms with Crippen LogP contribution in [-0.2, 0) is 16.1 Å². The lowest BCUT2D eigenvalue weighted by atomic mass is 9.91. The van der Waals surface area contributed by atoms with Crippen LogP contribution < -0.4 is 11.1 Å². The van der Waals surface area contributed by atoms with E-state index < -0.39 is 35.7 Å². The first-order valence-electron chi connectivity index (χ1n) is 12.1. The van der Waals surface area contributed by atoms with E-state index in [2.05, 4.69) is 5.32 Å². The predicted molar refractivity (Wildman–Crippen MR) is 128 cm³/mol. The average molecular weight is 501 g/mol. The van der Waals surface area contributed by atoms with Gasteiger partial charge in [0.2, 0.25) is 0 Å². The van der Waals surface area contributed by atoms with E-state index >= 15 is 0 Å². The minimum atomic E-state index is -1.32. The first-order valence-corrected chi connectivity index (χ1v) is 12.1. The van der Waals surface area contributed by atoms with Crippen molar-refractivity contribution in [2.75, 3.05) is 13.1 Å². The monoisotopic (exact) mass is 500 g/mol. The number of carbonyl (C=O) groups is 3. The molecule has 1 heterocycles. The van der Waals surface area contributed by atoms with Crippen LogP contribution in [-0.4, -0.2) is 59.0 Å². The fourth-order valence-corrected chi connectivity index (χ4v) is 4.70. The Labute approximate surface area is 208 Å². The minimum Gasteiger partial charge on any atom is -0.444 e. The molecule has 10 heteroatoms. The SMILES string of the molecule is NC1CCC(NC(=O)C2N(C(=O)OCc3ccccc3)CCCN2C(=O)c2cc(F)cc(F)c2)CC1. The van der Waals surface area contributed by atoms with Gasteiger partial charge in [0, 0.05) is 36.8 Å². The molecule has 2 aliphatic rings. The van der Waals surface area contributed by atoms with E-state index in [1.54, 1.807) is 12.1 Å². The number of rotatable bonds is 5. The summed E-state index contributed by atoms with van der Waals surface area (Å²) in [4.78, 5) is 42.3. The molecule has 4 rings (SSSR count). The van der Waals surface area contributed by atoms with E-state index in [9.17, 15) is 23.2 Å². The van der Waals surface area contributed by atoms with Crippen LogP contribution in [0.25, 0.3) is 0 Å². The molecule has 1 unspecified atom stereocenters. The highest BCUT2D eigenvalue weighted by Crippen LogP contribution is 2.23. The van der Waals surface area contributed by atoms with Crippen molar-refractivity contribution in [3.05, 3.63) is 71.3 Å². The van der Waals surface area contributed by atoms with Crippen LogP contribution in [0.2, 0.25) is 0 Å². The van der Waals surface area contributed by atoms with Crippen molar-refractivity contribution in [3.8, 4) is 0 Å². The zero-order valence-corrected chi connectivity index (χ0v) is 19.9. The standard InChI is InChI=1S/C26H30F2N4O4/c27-19-13-18(14-20(28)15-19)25(34)31-11-4-12-32(26(35)36-16-17-5-2-1-3-6-17)24(31)23(33)30-22-9-7-21(29)8-10-22/h1-3,5-6,13-15,21-22,24H,4,7-12,16,29H2,(H,30,33). The molecule has 192 valence electrons. The Kier molecular flexibility index (Phi) is 8.14. The Balaban J connectivity index is 1.56. The zero-order chi connectivity index (χ0) is 25.7. The number of halogens is 2. The smallest absolute Gasteiger partial charge is 0.412 e. The Bertz CT molecular complexity index is 1070. The maximum absolute atomic E-state index is 13.8. The lowest BCUT2D eigenvalue weighted by Crippen LogP contribution is -2.64. The normalized spacial score (nSPS) is 22.1. The topological polar surface area (TPSA) is 105 Å². The highest BCUT2D eigenvalue weighted by molar-refractivity contribution is 5.98. The number of hydrogen-bond acceptors (Lipinski definition) is 5. The van der Waals surface area contributed by atoms with E-state index in [-0.39, 0.29) is 37.3 Å². The molecule has 2 aromatic rings. The fourth-order valence-electron chi connectivity index (χ4n) is 4.70. The van der Waals surface area contributed by atoms with Crippen molar-refractivity contribution in [1.29, 1.82) is 0 Å². The van der Waals surface area contributed by atoms with Crippen molar-refractivity contribution >= 4 is 17.9 Å². The molecular weight excluding hydrogens is 470 g/mol. The quantitative estimate of drug-likeness (QED) is 0.656. The van der Waals surface area contributed by atoms with Gasteiger partial charge in [0.1, 0.15) is 18.2 Å². The second kappa shape index (κ2) is 11.5. The maximum atomic E-state index is 13.8. The minimum absolute atomic E-state index is 0.00587. The number of benzene rings is 2. The van der Waals surface area contributed by atoms with Gasteiger partial charge in [0.15, 0.2) is 6.17 Å². The molecule has 0 spiro atoms. The Morgan fingerprint density at radius 3 is 2.25 bits per heavy atom. The van der Waals surface area contributed by atoms with Crippen LogP contribution in [0.4, 0.5) is 13.6 Å². The number of amides is 3. The van der Waals surface area contributed by atoms with Crippen molar-refractivity contribution in [1.82, 2.24) is 15.1 Å². The molecule has 0 aromatic heterocycles. The number of nitrogens with zero attached hydrogens (tertiary/aromatic N) is 2. The number of nitrogens with one attached hydrogen (secondary N) is 1. The molecule has 1 saturated heterocycles. The Morgan fingerprint density at radius 2 is 1.58 bits per heavy atom. The van der Waals surface area contributed by atoms with Crippen LogP contribution >= 0.6 is 0 Å². The third-order valence-electron chi connectivity index (χ3n) is 6.55. The van der Waals surface area contributed by atoms with E-state index in [4.69, 9.17) is 10.5 Å². The molecule has 0 radical (unpaired) electrons. The molecule has 1 atom stereocenters. The van der Waals surface area contributed by atoms with Crippen molar-refractivity contribution in [2.24, 2.45) is 5.73 Å². The van der Waals surface area contributed by atoms with Crippen LogP contribution in [0, 0.1) is 11.6 Å². The Hall–Kier alpha value is -3.53. The van der Waals surface area contributed by atoms with Gasteiger partial charge in [-0.1, -0.05) is 30.3 Å². The van der Waals surface area contributed by atoms with Gasteiger partial charge in [-0.15, -0.1) is 0 Å². The summed E-state index contributed by atoms with van der Waals surface area (Å²) in [5.74, 6) is -3.11. The van der Waals surface area contributed by atoms with Gasteiger partial charge in [0.25, 0.3) is 11.8 Å². The largest absolute Gasteiger partial charge is 0.444 e. The van der Waals surface area contributed by atoms with Gasteiger partial charge in [-0.2, -0.15) is 0 Å². The van der Waals surface area contributed by atoms with Crippen LogP contribution in [0.1, 0.15) is 48.0 Å². The second-order valence-electron chi connectivity index (χ2n) is 9.24. The van der Waals surface area contributed by atoms with Crippen LogP contribution in [0.5, 0.6) is 0 Å². The molecular formula is C26H30F2N4O4. The van der Waals surface area contributed by atoms with E-state index in [0.717, 1.165) is 30.5 Å². The molecule has 8 nitrogen and oxygen atoms in total. The summed E-state index contributed by atoms with van der Waals surface area (Å²) < 4.78 is 33.1. The number of carbonyl (C=O) groups excluding carboxylic acids is 3. The van der Waals surface area contributed by atoms with Gasteiger partial charge in [0.05, 0.1) is 0 Å². The summed E-state index contributed by atoms with van der Waals surface area (Å²) in [6, 6.07) is 11.5. The van der Waals surface area contributed by atoms with E-state index in [1.807, 2.05) is 18.2 Å². The lowest BCUT2D eigenvalue weighted by Gasteiger charge is -2.42. The average Bonchev–Trinajstić information content (AvgIpc) is 2.87. The summed E-state index contributed by atoms with van der Waals surface area (Å²) in [5, 5.41) is 2.94. The third kappa shape index (κ3) is 6.17. The molecule has 3 amide bonds. The van der Waals surface area contributed by atoms with E-state index in [1.165, 1.54) is 9.80 Å². The Morgan fingerprint density at radius 1 is 0.944 bits per heavy atom. The van der Waals surface area contributed by atoms with Gasteiger partial charge in [-0.05, 0) is 49.8 Å². The first kappa shape index (κ1) is 25.6. The molecule has 0 bridgehead atoms. The molecule has 1 saturated carbocycles. The summed E-state index contributed by atoms with van der Waals surface area (Å²) in [6.07, 6.45) is 1.16. The first-order chi connectivity index (χ1) is 17.3. The molecule has 1 aliphatic heterocycles. The molecule has 2 aromatic carbocycles. The summed E-state index contributed by atoms with van der Waals surface area (Å²) in [6.45, 7) is 0.309. The van der Waals surface area contributed by atoms with Crippen LogP contribution in [0.3, 0.4) is 0 Å². The van der Waals surface area contributed by atoms with Crippen molar-refractivity contribution in [2.45, 2.75) is 57.0 Å². The third-order valence-corrected chi connectivity index (χ3v) is 6.55. The lowest BCUT2D eigenvalue weighted by molar-refractivity contribution is -0.134. The highest BCUT2D eigenvalue weighted by atomic mass is 19.1. The van der Waals surface area contributed by atoms with Gasteiger partial charge in [-0.3, -0.25) is 14.5 Å². The molecule has 2 fully saturated rings. The van der Waals surface area contributed by atoms with Gasteiger partial charge >= 0.3 is 6.09 Å². The second-order valence-corrected chi connectivity index (χ2v) is 9.24. The van der Waals surface area contributed by atoms with Crippen molar-refractivity contribution < 1.29 is 27.9 Å². The van der Waals surface area contributed by atoms with Crippen molar-refractivity contribution in [3.63, 3.8) is 0 Å². The molecule has 36 heavy (non-hydrogen) atoms. The highest BCUT2D eigenvalue weighted by Gasteiger charge is 2.42. The van der Waals surface area contributed by atoms with Gasteiger partial charge in [-0.25, -0.2) is 13.6 Å². The van der Waals surface area contributed by atoms with E-state index in [0.29, 0.717) is 25.3 Å². The zero-order valence-electron chi connectivity index (χ0n) is 19.9. The van der Waals surface area contributed by atoms with Crippen LogP contribution in [0.15, 0.2) is 48.5 Å². The summed E-state index contributed by atoms with van der Waals surface area (Å²) >= 11 is 0. The molecule has 1 aliphatic carbocycles. The molecule has 3 N–H and O–H groups in total. The summed E-state index contributed by atoms with van der Waals surface area (Å²) in [5.41, 5.74) is 6.49. The number of ether oxygens (including phenoxy) is 1. The fraction of sp³-hybridized carbons (Fsp3) is 0.423. The number of hydrogen-bond donors (Lipinski definition) is 2. The summed E-state index contributed by atoms with van der Waals surface area (Å²) in [7, 11) is 0.